The quantitative estimate of drug-likeness (QED) is 0.826. The maximum absolute atomic E-state index is 6.10. The fourth-order valence-electron chi connectivity index (χ4n) is 2.45. The number of nitrogens with one attached hydrogen (secondary N) is 1. The lowest BCUT2D eigenvalue weighted by atomic mass is 9.87. The molecule has 1 saturated heterocycles. The highest BCUT2D eigenvalue weighted by Crippen LogP contribution is 2.33. The summed E-state index contributed by atoms with van der Waals surface area (Å²) < 4.78 is 6.70. The van der Waals surface area contributed by atoms with Crippen molar-refractivity contribution < 1.29 is 4.74 Å². The van der Waals surface area contributed by atoms with Gasteiger partial charge >= 0.3 is 0 Å². The van der Waals surface area contributed by atoms with Crippen LogP contribution in [-0.4, -0.2) is 20.3 Å². The average molecular weight is 366 g/mol. The molecule has 1 aromatic rings. The van der Waals surface area contributed by atoms with Crippen molar-refractivity contribution in [1.29, 1.82) is 0 Å². The third-order valence-corrected chi connectivity index (χ3v) is 4.56. The molecule has 1 unspecified atom stereocenters. The van der Waals surface area contributed by atoms with Crippen LogP contribution in [0.5, 0.6) is 0 Å². The second-order valence-electron chi connectivity index (χ2n) is 4.38. The van der Waals surface area contributed by atoms with Crippen molar-refractivity contribution in [3.63, 3.8) is 0 Å². The van der Waals surface area contributed by atoms with Gasteiger partial charge in [0.05, 0.1) is 0 Å². The third kappa shape index (κ3) is 3.34. The zero-order chi connectivity index (χ0) is 12.3. The van der Waals surface area contributed by atoms with E-state index < -0.39 is 0 Å². The summed E-state index contributed by atoms with van der Waals surface area (Å²) in [6, 6.07) is 6.50. The number of benzene rings is 1. The summed E-state index contributed by atoms with van der Waals surface area (Å²) >= 11 is 8.48. The van der Waals surface area contributed by atoms with Crippen LogP contribution in [0.3, 0.4) is 0 Å². The van der Waals surface area contributed by atoms with Crippen LogP contribution in [-0.2, 0) is 4.74 Å². The molecular weight excluding hydrogens is 349 g/mol. The predicted molar refractivity (Wildman–Crippen MR) is 79.5 cm³/mol. The molecule has 4 heteroatoms. The minimum Gasteiger partial charge on any atom is -0.381 e. The zero-order valence-electron chi connectivity index (χ0n) is 9.88. The van der Waals surface area contributed by atoms with E-state index in [0.29, 0.717) is 12.0 Å². The molecule has 1 aliphatic rings. The maximum atomic E-state index is 6.10. The lowest BCUT2D eigenvalue weighted by molar-refractivity contribution is 0.0545. The summed E-state index contributed by atoms with van der Waals surface area (Å²) in [6.45, 7) is 1.75. The Labute approximate surface area is 121 Å². The first-order valence-corrected chi connectivity index (χ1v) is 7.38. The molecule has 1 atom stereocenters. The topological polar surface area (TPSA) is 21.3 Å². The molecule has 1 heterocycles. The minimum atomic E-state index is 0.379. The highest BCUT2D eigenvalue weighted by Gasteiger charge is 2.25. The lowest BCUT2D eigenvalue weighted by Gasteiger charge is -2.31. The molecule has 1 aromatic carbocycles. The SMILES string of the molecule is CNC(c1cc(Cl)ccc1I)C1CCOCC1. The summed E-state index contributed by atoms with van der Waals surface area (Å²) in [5.41, 5.74) is 1.31. The van der Waals surface area contributed by atoms with Gasteiger partial charge in [-0.05, 0) is 72.2 Å². The summed E-state index contributed by atoms with van der Waals surface area (Å²) in [5, 5.41) is 4.25. The van der Waals surface area contributed by atoms with Gasteiger partial charge in [0.1, 0.15) is 0 Å². The van der Waals surface area contributed by atoms with Crippen LogP contribution in [0.15, 0.2) is 18.2 Å². The van der Waals surface area contributed by atoms with Gasteiger partial charge in [0.25, 0.3) is 0 Å². The van der Waals surface area contributed by atoms with Crippen LogP contribution in [0.25, 0.3) is 0 Å². The van der Waals surface area contributed by atoms with Gasteiger partial charge in [0.2, 0.25) is 0 Å². The lowest BCUT2D eigenvalue weighted by Crippen LogP contribution is -2.30. The number of hydrogen-bond donors (Lipinski definition) is 1. The molecule has 1 fully saturated rings. The Bertz CT molecular complexity index is 380. The monoisotopic (exact) mass is 365 g/mol. The van der Waals surface area contributed by atoms with E-state index in [0.717, 1.165) is 31.1 Å². The maximum Gasteiger partial charge on any atom is 0.0469 e. The smallest absolute Gasteiger partial charge is 0.0469 e. The first-order chi connectivity index (χ1) is 8.22. The second kappa shape index (κ2) is 6.36. The van der Waals surface area contributed by atoms with Crippen LogP contribution in [0.1, 0.15) is 24.4 Å². The van der Waals surface area contributed by atoms with Crippen LogP contribution in [0, 0.1) is 9.49 Å². The van der Waals surface area contributed by atoms with Gasteiger partial charge in [-0.1, -0.05) is 11.6 Å². The van der Waals surface area contributed by atoms with E-state index >= 15 is 0 Å². The Morgan fingerprint density at radius 1 is 1.41 bits per heavy atom. The van der Waals surface area contributed by atoms with Crippen LogP contribution in [0.2, 0.25) is 5.02 Å². The highest BCUT2D eigenvalue weighted by atomic mass is 127. The van der Waals surface area contributed by atoms with Crippen molar-refractivity contribution in [2.24, 2.45) is 5.92 Å². The van der Waals surface area contributed by atoms with Crippen molar-refractivity contribution in [3.8, 4) is 0 Å². The van der Waals surface area contributed by atoms with Crippen LogP contribution in [0.4, 0.5) is 0 Å². The molecule has 2 nitrogen and oxygen atoms in total. The number of hydrogen-bond acceptors (Lipinski definition) is 2. The molecule has 0 bridgehead atoms. The third-order valence-electron chi connectivity index (χ3n) is 3.34. The van der Waals surface area contributed by atoms with Crippen LogP contribution >= 0.6 is 34.2 Å². The molecule has 0 radical (unpaired) electrons. The van der Waals surface area contributed by atoms with E-state index in [-0.39, 0.29) is 0 Å². The number of rotatable bonds is 3. The molecule has 17 heavy (non-hydrogen) atoms. The molecule has 0 aromatic heterocycles. The van der Waals surface area contributed by atoms with Crippen molar-refractivity contribution in [2.45, 2.75) is 18.9 Å². The average Bonchev–Trinajstić information content (AvgIpc) is 2.36. The Hall–Kier alpha value is 0.160. The zero-order valence-corrected chi connectivity index (χ0v) is 12.8. The molecule has 1 N–H and O–H groups in total. The van der Waals surface area contributed by atoms with Gasteiger partial charge in [0, 0.05) is 27.8 Å². The summed E-state index contributed by atoms with van der Waals surface area (Å²) in [5.74, 6) is 0.640. The Balaban J connectivity index is 2.24. The van der Waals surface area contributed by atoms with E-state index in [1.54, 1.807) is 0 Å². The van der Waals surface area contributed by atoms with E-state index in [1.165, 1.54) is 9.13 Å². The molecule has 0 saturated carbocycles. The largest absolute Gasteiger partial charge is 0.381 e. The van der Waals surface area contributed by atoms with Crippen molar-refractivity contribution in [3.05, 3.63) is 32.4 Å². The highest BCUT2D eigenvalue weighted by molar-refractivity contribution is 14.1. The molecule has 94 valence electrons. The van der Waals surface area contributed by atoms with E-state index in [4.69, 9.17) is 16.3 Å². The first kappa shape index (κ1) is 13.6. The van der Waals surface area contributed by atoms with Gasteiger partial charge in [-0.25, -0.2) is 0 Å². The molecular formula is C13H17ClINO. The van der Waals surface area contributed by atoms with Gasteiger partial charge < -0.3 is 10.1 Å². The van der Waals surface area contributed by atoms with Gasteiger partial charge in [-0.15, -0.1) is 0 Å². The van der Waals surface area contributed by atoms with E-state index in [9.17, 15) is 0 Å². The van der Waals surface area contributed by atoms with Crippen molar-refractivity contribution >= 4 is 34.2 Å². The Kier molecular flexibility index (Phi) is 5.09. The second-order valence-corrected chi connectivity index (χ2v) is 5.98. The Morgan fingerprint density at radius 2 is 2.12 bits per heavy atom. The number of halogens is 2. The Morgan fingerprint density at radius 3 is 2.76 bits per heavy atom. The molecule has 1 aliphatic heterocycles. The van der Waals surface area contributed by atoms with Gasteiger partial charge in [-0.2, -0.15) is 0 Å². The molecule has 0 amide bonds. The van der Waals surface area contributed by atoms with Gasteiger partial charge in [-0.3, -0.25) is 0 Å². The van der Waals surface area contributed by atoms with Crippen LogP contribution < -0.4 is 5.32 Å². The summed E-state index contributed by atoms with van der Waals surface area (Å²) in [6.07, 6.45) is 2.24. The fraction of sp³-hybridized carbons (Fsp3) is 0.538. The predicted octanol–water partition coefficient (Wildman–Crippen LogP) is 3.63. The van der Waals surface area contributed by atoms with E-state index in [2.05, 4.69) is 40.0 Å². The fourth-order valence-corrected chi connectivity index (χ4v) is 3.30. The minimum absolute atomic E-state index is 0.379. The van der Waals surface area contributed by atoms with Crippen molar-refractivity contribution in [1.82, 2.24) is 5.32 Å². The first-order valence-electron chi connectivity index (χ1n) is 5.92. The summed E-state index contributed by atoms with van der Waals surface area (Å²) in [4.78, 5) is 0. The summed E-state index contributed by atoms with van der Waals surface area (Å²) in [7, 11) is 2.02. The molecule has 2 rings (SSSR count). The standard InChI is InChI=1S/C13H17ClINO/c1-16-13(9-4-6-17-7-5-9)11-8-10(14)2-3-12(11)15/h2-3,8-9,13,16H,4-7H2,1H3. The molecule has 0 spiro atoms. The normalized spacial score (nSPS) is 19.2. The van der Waals surface area contributed by atoms with Gasteiger partial charge in [0.15, 0.2) is 0 Å². The van der Waals surface area contributed by atoms with Crippen molar-refractivity contribution in [2.75, 3.05) is 20.3 Å². The van der Waals surface area contributed by atoms with E-state index in [1.807, 2.05) is 13.1 Å². The molecule has 0 aliphatic carbocycles. The number of ether oxygens (including phenoxy) is 1.